The largest absolute Gasteiger partial charge is 0.309 e. The molecule has 0 saturated carbocycles. The molecule has 0 unspecified atom stereocenters. The fraction of sp³-hybridized carbons (Fsp3) is 0.0417. The first-order valence-corrected chi connectivity index (χ1v) is 21.3. The average Bonchev–Trinajstić information content (AvgIpc) is 3.81. The Labute approximate surface area is 308 Å². The molecule has 4 heterocycles. The highest BCUT2D eigenvalue weighted by Crippen LogP contribution is 2.38. The molecule has 53 heavy (non-hydrogen) atoms. The fourth-order valence-electron chi connectivity index (χ4n) is 8.89. The molecule has 1 aliphatic rings. The number of aromatic nitrogens is 4. The van der Waals surface area contributed by atoms with Gasteiger partial charge in [0.1, 0.15) is 8.07 Å². The van der Waals surface area contributed by atoms with Crippen LogP contribution in [0.1, 0.15) is 0 Å². The normalized spacial score (nSPS) is 13.2. The highest BCUT2D eigenvalue weighted by molar-refractivity contribution is 7.04. The van der Waals surface area contributed by atoms with Gasteiger partial charge in [0.15, 0.2) is 5.82 Å². The highest BCUT2D eigenvalue weighted by Gasteiger charge is 2.41. The molecule has 7 aromatic carbocycles. The topological polar surface area (TPSA) is 35.6 Å². The smallest absolute Gasteiger partial charge is 0.160 e. The van der Waals surface area contributed by atoms with Gasteiger partial charge in [-0.05, 0) is 64.5 Å². The van der Waals surface area contributed by atoms with Crippen LogP contribution in [0.2, 0.25) is 13.1 Å². The Balaban J connectivity index is 1.13. The summed E-state index contributed by atoms with van der Waals surface area (Å²) in [6.07, 6.45) is 0. The Morgan fingerprint density at radius 2 is 0.906 bits per heavy atom. The quantitative estimate of drug-likeness (QED) is 0.172. The van der Waals surface area contributed by atoms with E-state index in [0.29, 0.717) is 0 Å². The van der Waals surface area contributed by atoms with Crippen molar-refractivity contribution in [3.63, 3.8) is 0 Å². The van der Waals surface area contributed by atoms with Crippen LogP contribution in [0.15, 0.2) is 170 Å². The van der Waals surface area contributed by atoms with E-state index >= 15 is 0 Å². The van der Waals surface area contributed by atoms with Crippen LogP contribution in [-0.4, -0.2) is 27.2 Å². The van der Waals surface area contributed by atoms with Crippen LogP contribution in [0.4, 0.5) is 0 Å². The molecule has 0 radical (unpaired) electrons. The maximum Gasteiger partial charge on any atom is 0.160 e. The van der Waals surface area contributed by atoms with Crippen LogP contribution >= 0.6 is 0 Å². The van der Waals surface area contributed by atoms with Crippen LogP contribution < -0.4 is 10.4 Å². The third-order valence-electron chi connectivity index (χ3n) is 11.3. The van der Waals surface area contributed by atoms with Gasteiger partial charge in [-0.15, -0.1) is 0 Å². The first-order chi connectivity index (χ1) is 26.1. The van der Waals surface area contributed by atoms with E-state index in [9.17, 15) is 0 Å². The van der Waals surface area contributed by atoms with Crippen molar-refractivity contribution in [1.29, 1.82) is 0 Å². The van der Waals surface area contributed by atoms with Gasteiger partial charge in [0.2, 0.25) is 0 Å². The Morgan fingerprint density at radius 1 is 0.415 bits per heavy atom. The molecular formula is C48H34N4Si. The molecule has 4 nitrogen and oxygen atoms in total. The number of rotatable bonds is 4. The lowest BCUT2D eigenvalue weighted by molar-refractivity contribution is 1.17. The minimum Gasteiger partial charge on any atom is -0.309 e. The van der Waals surface area contributed by atoms with E-state index in [0.717, 1.165) is 45.2 Å². The molecule has 1 aliphatic heterocycles. The van der Waals surface area contributed by atoms with Crippen molar-refractivity contribution in [2.45, 2.75) is 13.1 Å². The van der Waals surface area contributed by atoms with E-state index in [4.69, 9.17) is 9.97 Å². The monoisotopic (exact) mass is 694 g/mol. The van der Waals surface area contributed by atoms with Gasteiger partial charge in [0.05, 0.1) is 33.5 Å². The number of para-hydroxylation sites is 4. The highest BCUT2D eigenvalue weighted by atomic mass is 28.3. The standard InChI is InChI=1S/C48H34N4Si/c1-53(2)44-23-13-9-19-39(44)46-47(53)45(31-24-27-34(28-25-31)51-40-20-10-6-16-35(40)36-17-7-11-21-41(36)51)49-48(50-46)32-26-29-38-37-18-8-12-22-42(37)52(43(38)30-32)33-14-4-3-5-15-33/h3-30H,1-2H3. The molecule has 5 heteroatoms. The molecule has 10 aromatic rings. The van der Waals surface area contributed by atoms with E-state index < -0.39 is 8.07 Å². The predicted molar refractivity (Wildman–Crippen MR) is 224 cm³/mol. The number of fused-ring (bicyclic) bond motifs is 9. The Kier molecular flexibility index (Phi) is 6.37. The van der Waals surface area contributed by atoms with Crippen molar-refractivity contribution in [2.24, 2.45) is 0 Å². The van der Waals surface area contributed by atoms with Gasteiger partial charge in [-0.2, -0.15) is 0 Å². The SMILES string of the molecule is C[Si]1(C)c2ccccc2-c2nc(-c3ccc4c5ccccc5n(-c5ccccc5)c4c3)nc(-c3ccc(-n4c5ccccc5c5ccccc54)cc3)c21. The first kappa shape index (κ1) is 30.1. The van der Waals surface area contributed by atoms with Crippen molar-refractivity contribution in [1.82, 2.24) is 19.1 Å². The summed E-state index contributed by atoms with van der Waals surface area (Å²) in [4.78, 5) is 11.0. The van der Waals surface area contributed by atoms with Crippen LogP contribution in [0, 0.1) is 0 Å². The summed E-state index contributed by atoms with van der Waals surface area (Å²) >= 11 is 0. The summed E-state index contributed by atoms with van der Waals surface area (Å²) < 4.78 is 4.74. The van der Waals surface area contributed by atoms with Gasteiger partial charge in [-0.3, -0.25) is 0 Å². The third-order valence-corrected chi connectivity index (χ3v) is 14.8. The van der Waals surface area contributed by atoms with Crippen molar-refractivity contribution >= 4 is 62.1 Å². The molecule has 11 rings (SSSR count). The minimum atomic E-state index is -2.13. The zero-order valence-electron chi connectivity index (χ0n) is 29.5. The number of benzene rings is 7. The molecule has 0 amide bonds. The molecule has 0 N–H and O–H groups in total. The molecule has 0 saturated heterocycles. The van der Waals surface area contributed by atoms with E-state index in [1.54, 1.807) is 0 Å². The van der Waals surface area contributed by atoms with Gasteiger partial charge in [-0.1, -0.05) is 134 Å². The lowest BCUT2D eigenvalue weighted by Crippen LogP contribution is -2.50. The Bertz CT molecular complexity index is 3030. The fourth-order valence-corrected chi connectivity index (χ4v) is 12.1. The van der Waals surface area contributed by atoms with Gasteiger partial charge in [0, 0.05) is 44.0 Å². The van der Waals surface area contributed by atoms with Crippen molar-refractivity contribution in [3.05, 3.63) is 170 Å². The minimum absolute atomic E-state index is 0.749. The summed E-state index contributed by atoms with van der Waals surface area (Å²) in [7, 11) is -2.13. The predicted octanol–water partition coefficient (Wildman–Crippen LogP) is 10.8. The summed E-state index contributed by atoms with van der Waals surface area (Å²) in [5.41, 5.74) is 12.5. The molecular weight excluding hydrogens is 661 g/mol. The number of hydrogen-bond acceptors (Lipinski definition) is 2. The number of nitrogens with zero attached hydrogens (tertiary/aromatic N) is 4. The zero-order chi connectivity index (χ0) is 35.3. The maximum atomic E-state index is 5.53. The summed E-state index contributed by atoms with van der Waals surface area (Å²) in [5.74, 6) is 0.749. The summed E-state index contributed by atoms with van der Waals surface area (Å²) in [5, 5.41) is 7.71. The van der Waals surface area contributed by atoms with E-state index in [-0.39, 0.29) is 0 Å². The molecule has 0 spiro atoms. The van der Waals surface area contributed by atoms with Crippen molar-refractivity contribution < 1.29 is 0 Å². The maximum absolute atomic E-state index is 5.53. The molecule has 0 aliphatic carbocycles. The summed E-state index contributed by atoms with van der Waals surface area (Å²) in [6.45, 7) is 4.89. The van der Waals surface area contributed by atoms with Crippen LogP contribution in [0.5, 0.6) is 0 Å². The first-order valence-electron chi connectivity index (χ1n) is 18.3. The second-order valence-corrected chi connectivity index (χ2v) is 18.9. The van der Waals surface area contributed by atoms with Gasteiger partial charge >= 0.3 is 0 Å². The van der Waals surface area contributed by atoms with Crippen LogP contribution in [-0.2, 0) is 0 Å². The van der Waals surface area contributed by atoms with Crippen molar-refractivity contribution in [3.8, 4) is 45.3 Å². The van der Waals surface area contributed by atoms with Gasteiger partial charge in [-0.25, -0.2) is 9.97 Å². The molecule has 250 valence electrons. The molecule has 3 aromatic heterocycles. The van der Waals surface area contributed by atoms with Crippen LogP contribution in [0.3, 0.4) is 0 Å². The zero-order valence-corrected chi connectivity index (χ0v) is 30.5. The van der Waals surface area contributed by atoms with Gasteiger partial charge in [0.25, 0.3) is 0 Å². The average molecular weight is 695 g/mol. The second-order valence-electron chi connectivity index (χ2n) is 14.6. The lowest BCUT2D eigenvalue weighted by atomic mass is 10.1. The van der Waals surface area contributed by atoms with Crippen molar-refractivity contribution in [2.75, 3.05) is 0 Å². The number of hydrogen-bond donors (Lipinski definition) is 0. The van der Waals surface area contributed by atoms with Gasteiger partial charge < -0.3 is 9.13 Å². The summed E-state index contributed by atoms with van der Waals surface area (Å²) in [6, 6.07) is 61.3. The van der Waals surface area contributed by atoms with Crippen LogP contribution in [0.25, 0.3) is 88.9 Å². The second kappa shape index (κ2) is 11.2. The van der Waals surface area contributed by atoms with E-state index in [1.165, 1.54) is 54.0 Å². The Hall–Kier alpha value is -6.56. The van der Waals surface area contributed by atoms with E-state index in [1.807, 2.05) is 0 Å². The lowest BCUT2D eigenvalue weighted by Gasteiger charge is -2.22. The molecule has 0 atom stereocenters. The third kappa shape index (κ3) is 4.35. The molecule has 0 bridgehead atoms. The molecule has 0 fully saturated rings. The van der Waals surface area contributed by atoms with E-state index in [2.05, 4.69) is 192 Å². The Morgan fingerprint density at radius 3 is 1.57 bits per heavy atom.